The molecule has 2 aromatic rings. The summed E-state index contributed by atoms with van der Waals surface area (Å²) in [5, 5.41) is 0. The van der Waals surface area contributed by atoms with Crippen LogP contribution >= 0.6 is 0 Å². The minimum atomic E-state index is 0.879. The molecule has 0 bridgehead atoms. The molecule has 0 amide bonds. The van der Waals surface area contributed by atoms with Crippen LogP contribution in [0.2, 0.25) is 0 Å². The summed E-state index contributed by atoms with van der Waals surface area (Å²) >= 11 is 0. The van der Waals surface area contributed by atoms with Crippen LogP contribution in [0.5, 0.6) is 0 Å². The Labute approximate surface area is 270 Å². The average Bonchev–Trinajstić information content (AvgIpc) is 3.33. The van der Waals surface area contributed by atoms with Crippen LogP contribution in [-0.4, -0.2) is 4.70 Å². The summed E-state index contributed by atoms with van der Waals surface area (Å²) in [6.07, 6.45) is 17.7. The predicted molar refractivity (Wildman–Crippen MR) is 192 cm³/mol. The number of rotatable bonds is 17. The van der Waals surface area contributed by atoms with Gasteiger partial charge in [-0.3, -0.25) is 0 Å². The second-order valence-electron chi connectivity index (χ2n) is 12.5. The van der Waals surface area contributed by atoms with E-state index in [-0.39, 0.29) is 0 Å². The third-order valence-electron chi connectivity index (χ3n) is 9.54. The minimum Gasteiger partial charge on any atom is -0.493 e. The molecule has 2 nitrogen and oxygen atoms in total. The van der Waals surface area contributed by atoms with E-state index in [2.05, 4.69) is 91.5 Å². The molecule has 0 radical (unpaired) electrons. The van der Waals surface area contributed by atoms with Crippen molar-refractivity contribution in [2.45, 2.75) is 158 Å². The second-order valence-corrected chi connectivity index (χ2v) is 12.5. The van der Waals surface area contributed by atoms with Gasteiger partial charge in [0.25, 0.3) is 0 Å². The van der Waals surface area contributed by atoms with E-state index in [0.29, 0.717) is 0 Å². The first-order chi connectivity index (χ1) is 21.4. The SMILES string of the molecule is CCCCCCCCC#CC1=C(c2cc(CC)c(CC)c(CC)c2)[N+](=[N-])C(c2cc(CC)c(CC)c(CC)c2)=C1CCCC. The van der Waals surface area contributed by atoms with Crippen molar-refractivity contribution in [2.24, 2.45) is 0 Å². The number of benzene rings is 2. The zero-order valence-corrected chi connectivity index (χ0v) is 29.5. The highest BCUT2D eigenvalue weighted by molar-refractivity contribution is 5.86. The van der Waals surface area contributed by atoms with Gasteiger partial charge in [-0.2, -0.15) is 0 Å². The highest BCUT2D eigenvalue weighted by atomic mass is 15.2. The molecule has 2 aromatic carbocycles. The summed E-state index contributed by atoms with van der Waals surface area (Å²) in [6, 6.07) is 9.37. The third-order valence-corrected chi connectivity index (χ3v) is 9.54. The largest absolute Gasteiger partial charge is 0.493 e. The molecule has 0 aliphatic carbocycles. The minimum absolute atomic E-state index is 0.879. The fraction of sp³-hybridized carbons (Fsp3) is 0.571. The van der Waals surface area contributed by atoms with Gasteiger partial charge < -0.3 is 5.53 Å². The van der Waals surface area contributed by atoms with E-state index in [0.717, 1.165) is 98.7 Å². The highest BCUT2D eigenvalue weighted by Crippen LogP contribution is 2.44. The molecule has 0 fully saturated rings. The summed E-state index contributed by atoms with van der Waals surface area (Å²) < 4.78 is 1.53. The Morgan fingerprint density at radius 1 is 0.545 bits per heavy atom. The maximum Gasteiger partial charge on any atom is 0.223 e. The number of unbranched alkanes of at least 4 members (excludes halogenated alkanes) is 7. The van der Waals surface area contributed by atoms with Crippen LogP contribution in [0.4, 0.5) is 0 Å². The standard InChI is InChI=1S/C42H60N2/c1-9-17-19-20-21-22-23-24-26-40-39(25-18-10-2)41(35-27-31(11-3)37(15-7)32(12-4)28-35)44(43)42(40)36-29-33(13-5)38(16-8)34(14-6)30-36/h27-30H,9-23,25H2,1-8H3. The Hall–Kier alpha value is -2.92. The van der Waals surface area contributed by atoms with E-state index < -0.39 is 0 Å². The molecular weight excluding hydrogens is 532 g/mol. The molecule has 238 valence electrons. The molecule has 1 aliphatic rings. The fourth-order valence-electron chi connectivity index (χ4n) is 7.08. The van der Waals surface area contributed by atoms with Crippen LogP contribution in [0.3, 0.4) is 0 Å². The number of hydrogen-bond acceptors (Lipinski definition) is 0. The molecule has 0 saturated carbocycles. The van der Waals surface area contributed by atoms with E-state index in [1.807, 2.05) is 0 Å². The van der Waals surface area contributed by atoms with Gasteiger partial charge in [-0.25, -0.2) is 4.70 Å². The third kappa shape index (κ3) is 8.21. The summed E-state index contributed by atoms with van der Waals surface area (Å²) in [7, 11) is 0. The average molecular weight is 593 g/mol. The van der Waals surface area contributed by atoms with E-state index in [1.165, 1.54) is 75.8 Å². The second kappa shape index (κ2) is 18.1. The van der Waals surface area contributed by atoms with Crippen molar-refractivity contribution in [1.29, 1.82) is 0 Å². The van der Waals surface area contributed by atoms with Gasteiger partial charge in [0, 0.05) is 23.1 Å². The molecule has 1 aliphatic heterocycles. The summed E-state index contributed by atoms with van der Waals surface area (Å²) in [5.74, 6) is 7.26. The summed E-state index contributed by atoms with van der Waals surface area (Å²) in [5.41, 5.74) is 27.1. The molecule has 44 heavy (non-hydrogen) atoms. The molecular formula is C42H60N2. The molecule has 0 N–H and O–H groups in total. The Balaban J connectivity index is 2.24. The lowest BCUT2D eigenvalue weighted by molar-refractivity contribution is -0.345. The highest BCUT2D eigenvalue weighted by Gasteiger charge is 2.36. The Kier molecular flexibility index (Phi) is 14.7. The van der Waals surface area contributed by atoms with Crippen LogP contribution in [0.1, 0.15) is 164 Å². The van der Waals surface area contributed by atoms with Crippen LogP contribution < -0.4 is 0 Å². The van der Waals surface area contributed by atoms with E-state index in [4.69, 9.17) is 0 Å². The lowest BCUT2D eigenvalue weighted by Crippen LogP contribution is -2.07. The zero-order chi connectivity index (χ0) is 32.1. The summed E-state index contributed by atoms with van der Waals surface area (Å²) in [4.78, 5) is 0. The predicted octanol–water partition coefficient (Wildman–Crippen LogP) is 12.2. The molecule has 3 rings (SSSR count). The Morgan fingerprint density at radius 2 is 1.00 bits per heavy atom. The molecule has 0 saturated heterocycles. The molecule has 1 heterocycles. The van der Waals surface area contributed by atoms with Gasteiger partial charge in [0.1, 0.15) is 5.57 Å². The van der Waals surface area contributed by atoms with Crippen molar-refractivity contribution >= 4 is 11.4 Å². The topological polar surface area (TPSA) is 25.3 Å². The number of aryl methyl sites for hydroxylation is 4. The Morgan fingerprint density at radius 3 is 1.45 bits per heavy atom. The van der Waals surface area contributed by atoms with Crippen LogP contribution in [0, 0.1) is 11.8 Å². The van der Waals surface area contributed by atoms with Gasteiger partial charge in [-0.15, -0.1) is 0 Å². The maximum atomic E-state index is 12.3. The number of allylic oxidation sites excluding steroid dienone is 2. The van der Waals surface area contributed by atoms with Gasteiger partial charge in [-0.1, -0.05) is 106 Å². The van der Waals surface area contributed by atoms with Gasteiger partial charge in [0.05, 0.1) is 0 Å². The maximum absolute atomic E-state index is 12.3. The van der Waals surface area contributed by atoms with Gasteiger partial charge >= 0.3 is 0 Å². The molecule has 0 spiro atoms. The number of hydrogen-bond donors (Lipinski definition) is 0. The van der Waals surface area contributed by atoms with Gasteiger partial charge in [-0.05, 0) is 115 Å². The molecule has 0 atom stereocenters. The van der Waals surface area contributed by atoms with Crippen molar-refractivity contribution in [3.63, 3.8) is 0 Å². The molecule has 0 aromatic heterocycles. The fourth-order valence-corrected chi connectivity index (χ4v) is 7.08. The zero-order valence-electron chi connectivity index (χ0n) is 29.5. The normalized spacial score (nSPS) is 13.2. The summed E-state index contributed by atoms with van der Waals surface area (Å²) in [6.45, 7) is 18.1. The molecule has 2 heteroatoms. The van der Waals surface area contributed by atoms with Crippen LogP contribution in [0.15, 0.2) is 35.4 Å². The first-order valence-electron chi connectivity index (χ1n) is 18.2. The first-order valence-corrected chi connectivity index (χ1v) is 18.2. The monoisotopic (exact) mass is 592 g/mol. The smallest absolute Gasteiger partial charge is 0.223 e. The van der Waals surface area contributed by atoms with Crippen molar-refractivity contribution in [3.05, 3.63) is 85.5 Å². The van der Waals surface area contributed by atoms with Crippen molar-refractivity contribution in [1.82, 2.24) is 0 Å². The Bertz CT molecular complexity index is 1350. The van der Waals surface area contributed by atoms with Crippen molar-refractivity contribution < 1.29 is 4.70 Å². The molecule has 0 unspecified atom stereocenters. The van der Waals surface area contributed by atoms with E-state index in [9.17, 15) is 5.53 Å². The van der Waals surface area contributed by atoms with Gasteiger partial charge in [0.15, 0.2) is 0 Å². The van der Waals surface area contributed by atoms with Crippen molar-refractivity contribution in [2.75, 3.05) is 0 Å². The lowest BCUT2D eigenvalue weighted by atomic mass is 9.89. The lowest BCUT2D eigenvalue weighted by Gasteiger charge is -2.17. The first kappa shape index (κ1) is 35.6. The van der Waals surface area contributed by atoms with Crippen molar-refractivity contribution in [3.8, 4) is 11.8 Å². The van der Waals surface area contributed by atoms with Crippen LogP contribution in [-0.2, 0) is 38.5 Å². The quantitative estimate of drug-likeness (QED) is 0.0992. The van der Waals surface area contributed by atoms with E-state index in [1.54, 1.807) is 0 Å². The van der Waals surface area contributed by atoms with Crippen LogP contribution in [0.25, 0.3) is 16.9 Å². The van der Waals surface area contributed by atoms with Gasteiger partial charge in [0.2, 0.25) is 11.4 Å². The van der Waals surface area contributed by atoms with E-state index >= 15 is 0 Å². The number of nitrogens with zero attached hydrogens (tertiary/aromatic N) is 2.